The van der Waals surface area contributed by atoms with Crippen LogP contribution in [0.4, 0.5) is 5.95 Å². The summed E-state index contributed by atoms with van der Waals surface area (Å²) in [6, 6.07) is 14.1. The van der Waals surface area contributed by atoms with Crippen molar-refractivity contribution in [3.8, 4) is 17.2 Å². The number of benzene rings is 2. The average Bonchev–Trinajstić information content (AvgIpc) is 3.53. The third kappa shape index (κ3) is 8.52. The number of para-hydroxylation sites is 1. The van der Waals surface area contributed by atoms with Gasteiger partial charge < -0.3 is 39.0 Å². The summed E-state index contributed by atoms with van der Waals surface area (Å²) < 4.78 is 22.0. The smallest absolute Gasteiger partial charge is 0.253 e. The molecule has 2 aromatic heterocycles. The lowest BCUT2D eigenvalue weighted by Crippen LogP contribution is -2.40. The Morgan fingerprint density at radius 2 is 1.79 bits per heavy atom. The maximum absolute atomic E-state index is 13.6. The van der Waals surface area contributed by atoms with Crippen molar-refractivity contribution >= 4 is 22.9 Å². The first-order valence-corrected chi connectivity index (χ1v) is 16.4. The van der Waals surface area contributed by atoms with Gasteiger partial charge in [0.15, 0.2) is 11.5 Å². The third-order valence-corrected chi connectivity index (χ3v) is 8.97. The summed E-state index contributed by atoms with van der Waals surface area (Å²) in [5, 5.41) is 3.65. The number of likely N-dealkylation sites (tertiary alicyclic amines) is 1. The molecule has 0 saturated carbocycles. The molecule has 1 unspecified atom stereocenters. The summed E-state index contributed by atoms with van der Waals surface area (Å²) >= 11 is 0. The van der Waals surface area contributed by atoms with Crippen LogP contribution in [-0.2, 0) is 11.2 Å². The number of hydrogen-bond donors (Lipinski definition) is 2. The number of imidazole rings is 1. The fraction of sp³-hybridized carbons (Fsp3) is 0.472. The quantitative estimate of drug-likeness (QED) is 0.155. The Bertz CT molecular complexity index is 1560. The van der Waals surface area contributed by atoms with Crippen molar-refractivity contribution in [1.82, 2.24) is 24.8 Å². The molecule has 3 heterocycles. The van der Waals surface area contributed by atoms with E-state index in [1.807, 2.05) is 38.5 Å². The zero-order chi connectivity index (χ0) is 33.2. The van der Waals surface area contributed by atoms with Crippen LogP contribution in [0.1, 0.15) is 53.6 Å². The molecule has 0 radical (unpaired) electrons. The van der Waals surface area contributed by atoms with Crippen LogP contribution in [0.5, 0.6) is 17.2 Å². The number of ether oxygens (including phenoxy) is 4. The van der Waals surface area contributed by atoms with Gasteiger partial charge in [-0.15, -0.1) is 0 Å². The number of hydrogen-bond acceptors (Lipinski definition) is 9. The first-order valence-electron chi connectivity index (χ1n) is 16.4. The zero-order valence-corrected chi connectivity index (χ0v) is 28.3. The first kappa shape index (κ1) is 34.0. The SMILES string of the molecule is CCOCCc1cccc2[nH]c(NC3CCN(CCC(CN(C)C(=O)c4cc(OC)c(OC)c(OC)c4)c4ccncc4)CC3)nc12. The Kier molecular flexibility index (Phi) is 11.9. The Hall–Kier alpha value is -4.35. The summed E-state index contributed by atoms with van der Waals surface area (Å²) in [6.07, 6.45) is 7.48. The summed E-state index contributed by atoms with van der Waals surface area (Å²) in [4.78, 5) is 30.5. The van der Waals surface area contributed by atoms with Crippen LogP contribution in [0.15, 0.2) is 54.9 Å². The van der Waals surface area contributed by atoms with E-state index in [9.17, 15) is 4.79 Å². The molecule has 0 aliphatic carbocycles. The van der Waals surface area contributed by atoms with E-state index in [1.54, 1.807) is 38.4 Å². The Labute approximate surface area is 277 Å². The summed E-state index contributed by atoms with van der Waals surface area (Å²) in [5.41, 5.74) is 4.93. The van der Waals surface area contributed by atoms with Gasteiger partial charge in [0.2, 0.25) is 11.7 Å². The molecule has 2 N–H and O–H groups in total. The van der Waals surface area contributed by atoms with Crippen LogP contribution in [0.25, 0.3) is 11.0 Å². The number of carbonyl (C=O) groups is 1. The molecule has 5 rings (SSSR count). The molecule has 0 spiro atoms. The van der Waals surface area contributed by atoms with Gasteiger partial charge in [-0.1, -0.05) is 12.1 Å². The maximum Gasteiger partial charge on any atom is 0.253 e. The van der Waals surface area contributed by atoms with Gasteiger partial charge in [0, 0.05) is 63.2 Å². The van der Waals surface area contributed by atoms with Gasteiger partial charge in [-0.25, -0.2) is 4.98 Å². The molecule has 4 aromatic rings. The standard InChI is InChI=1S/C36H48N6O5/c1-6-47-21-15-26-8-7-9-30-33(26)40-36(39-30)38-29-13-19-42(20-14-29)18-12-27(25-10-16-37-17-11-25)24-41(2)35(43)28-22-31(44-3)34(46-5)32(23-28)45-4/h7-11,16-17,22-23,27,29H,6,12-15,18-21,24H2,1-5H3,(H2,38,39,40). The van der Waals surface area contributed by atoms with Gasteiger partial charge in [-0.2, -0.15) is 0 Å². The van der Waals surface area contributed by atoms with Gasteiger partial charge in [0.05, 0.1) is 39.0 Å². The van der Waals surface area contributed by atoms with E-state index in [1.165, 1.54) is 11.1 Å². The molecule has 1 fully saturated rings. The topological polar surface area (TPSA) is 114 Å². The van der Waals surface area contributed by atoms with Crippen molar-refractivity contribution in [2.24, 2.45) is 0 Å². The normalized spacial score (nSPS) is 14.6. The van der Waals surface area contributed by atoms with Gasteiger partial charge in [-0.3, -0.25) is 9.78 Å². The van der Waals surface area contributed by atoms with Crippen LogP contribution < -0.4 is 19.5 Å². The Morgan fingerprint density at radius 1 is 1.06 bits per heavy atom. The van der Waals surface area contributed by atoms with Crippen molar-refractivity contribution < 1.29 is 23.7 Å². The number of carbonyl (C=O) groups excluding carboxylic acids is 1. The summed E-state index contributed by atoms with van der Waals surface area (Å²) in [6.45, 7) is 6.95. The number of piperidine rings is 1. The van der Waals surface area contributed by atoms with E-state index in [4.69, 9.17) is 23.9 Å². The molecule has 252 valence electrons. The van der Waals surface area contributed by atoms with Crippen molar-refractivity contribution in [3.05, 3.63) is 71.5 Å². The Morgan fingerprint density at radius 3 is 2.45 bits per heavy atom. The molecule has 1 aliphatic heterocycles. The molecule has 1 atom stereocenters. The van der Waals surface area contributed by atoms with Crippen LogP contribution in [0, 0.1) is 0 Å². The van der Waals surface area contributed by atoms with Crippen molar-refractivity contribution in [3.63, 3.8) is 0 Å². The number of likely N-dealkylation sites (N-methyl/N-ethyl adjacent to an activating group) is 1. The molecule has 0 bridgehead atoms. The van der Waals surface area contributed by atoms with Crippen molar-refractivity contribution in [2.45, 2.75) is 44.6 Å². The highest BCUT2D eigenvalue weighted by Gasteiger charge is 2.25. The highest BCUT2D eigenvalue weighted by atomic mass is 16.5. The number of H-pyrrole nitrogens is 1. The minimum Gasteiger partial charge on any atom is -0.493 e. The number of nitrogens with one attached hydrogen (secondary N) is 2. The van der Waals surface area contributed by atoms with E-state index < -0.39 is 0 Å². The molecule has 1 saturated heterocycles. The monoisotopic (exact) mass is 644 g/mol. The second-order valence-corrected chi connectivity index (χ2v) is 12.0. The predicted molar refractivity (Wildman–Crippen MR) is 184 cm³/mol. The van der Waals surface area contributed by atoms with E-state index >= 15 is 0 Å². The van der Waals surface area contributed by atoms with Crippen molar-refractivity contribution in [2.75, 3.05) is 73.1 Å². The second kappa shape index (κ2) is 16.5. The van der Waals surface area contributed by atoms with Gasteiger partial charge in [0.1, 0.15) is 0 Å². The third-order valence-electron chi connectivity index (χ3n) is 8.97. The fourth-order valence-electron chi connectivity index (χ4n) is 6.36. The molecule has 47 heavy (non-hydrogen) atoms. The molecular formula is C36H48N6O5. The largest absolute Gasteiger partial charge is 0.493 e. The van der Waals surface area contributed by atoms with E-state index in [-0.39, 0.29) is 11.8 Å². The van der Waals surface area contributed by atoms with Gasteiger partial charge in [0.25, 0.3) is 5.91 Å². The van der Waals surface area contributed by atoms with Gasteiger partial charge in [-0.05, 0) is 80.6 Å². The number of anilines is 1. The van der Waals surface area contributed by atoms with Gasteiger partial charge >= 0.3 is 0 Å². The average molecular weight is 645 g/mol. The minimum absolute atomic E-state index is 0.109. The minimum atomic E-state index is -0.109. The number of aromatic amines is 1. The van der Waals surface area contributed by atoms with Crippen LogP contribution in [0.3, 0.4) is 0 Å². The lowest BCUT2D eigenvalue weighted by Gasteiger charge is -2.33. The zero-order valence-electron chi connectivity index (χ0n) is 28.3. The summed E-state index contributed by atoms with van der Waals surface area (Å²) in [5.74, 6) is 2.24. The molecule has 11 heteroatoms. The maximum atomic E-state index is 13.6. The summed E-state index contributed by atoms with van der Waals surface area (Å²) in [7, 11) is 6.49. The predicted octanol–water partition coefficient (Wildman–Crippen LogP) is 5.39. The first-order chi connectivity index (χ1) is 22.9. The number of methoxy groups -OCH3 is 3. The lowest BCUT2D eigenvalue weighted by atomic mass is 9.94. The number of rotatable bonds is 16. The van der Waals surface area contributed by atoms with Crippen LogP contribution in [-0.4, -0.2) is 104 Å². The highest BCUT2D eigenvalue weighted by Crippen LogP contribution is 2.38. The second-order valence-electron chi connectivity index (χ2n) is 12.0. The number of nitrogens with zero attached hydrogens (tertiary/aromatic N) is 4. The van der Waals surface area contributed by atoms with E-state index in [0.29, 0.717) is 42.0 Å². The number of aromatic nitrogens is 3. The molecule has 11 nitrogen and oxygen atoms in total. The van der Waals surface area contributed by atoms with Crippen LogP contribution >= 0.6 is 0 Å². The lowest BCUT2D eigenvalue weighted by molar-refractivity contribution is 0.0781. The Balaban J connectivity index is 1.17. The molecule has 1 aliphatic rings. The number of amides is 1. The molecule has 1 amide bonds. The van der Waals surface area contributed by atoms with Crippen molar-refractivity contribution in [1.29, 1.82) is 0 Å². The number of fused-ring (bicyclic) bond motifs is 1. The van der Waals surface area contributed by atoms with Crippen LogP contribution in [0.2, 0.25) is 0 Å². The highest BCUT2D eigenvalue weighted by molar-refractivity contribution is 5.95. The molecular weight excluding hydrogens is 596 g/mol. The van der Waals surface area contributed by atoms with E-state index in [0.717, 1.165) is 68.9 Å². The fourth-order valence-corrected chi connectivity index (χ4v) is 6.36. The molecule has 2 aromatic carbocycles. The van der Waals surface area contributed by atoms with E-state index in [2.05, 4.69) is 38.4 Å². The number of pyridine rings is 1.